The van der Waals surface area contributed by atoms with Gasteiger partial charge in [0.15, 0.2) is 25.0 Å². The van der Waals surface area contributed by atoms with Crippen molar-refractivity contribution in [2.45, 2.75) is 288 Å². The Morgan fingerprint density at radius 3 is 1.31 bits per heavy atom. The third-order valence-corrected chi connectivity index (χ3v) is 38.0. The molecule has 1 aliphatic heterocycles. The standard InChI is InChI=1S/C24H25NO4.C19H29NOSi.C17H25NOSi.C15H23BrOSi.C13H15NO/c1-24(2,14-25)20-6-4-5-19-18(20)9-10-21(19)29-16-7-8-17-15(11-23(26)27-3)13-28-22(17)12-16;1-18(2,3)22(6,7)21-17-12-11-14-15(17)9-8-10-16(14)19(4,5)13-20;1-17(2,3)20(4,5)19-16-10-9-14-13(11-12-18)7-6-8-15(14)16;1-15(2,3)18(4,5)17-14-10-9-11-12(14)7-6-8-13(11)16;1-13(2,8-14)11-5-3-4-10-9(11)6-7-12(10)15/h4-8,12,15,21H,9-11,13H2,1-3H3;8-10,17H,11-12H2,1-7H3;6-8,16H,9-11H2,1-5H3;6-8,14H,9-10H2,1-5H3;3-5,12,15H,6-7H2,1-2H3/t15-,21-;17-;16-;14-;12-/m10000/s1. The molecule has 0 radical (unpaired) electrons. The summed E-state index contributed by atoms with van der Waals surface area (Å²) in [7, 11) is -3.78. The van der Waals surface area contributed by atoms with Crippen molar-refractivity contribution in [2.24, 2.45) is 0 Å². The molecule has 0 amide bonds. The van der Waals surface area contributed by atoms with Gasteiger partial charge < -0.3 is 32.6 Å². The monoisotopic (exact) mass is 1520 g/mol. The fourth-order valence-electron chi connectivity index (χ4n) is 14.4. The maximum atomic E-state index is 11.6. The van der Waals surface area contributed by atoms with Crippen LogP contribution in [0.15, 0.2) is 114 Å². The van der Waals surface area contributed by atoms with E-state index in [1.165, 1.54) is 67.2 Å². The smallest absolute Gasteiger partial charge is 0.306 e. The average molecular weight is 1520 g/mol. The number of carbonyl (C=O) groups is 1. The molecule has 6 aromatic carbocycles. The summed E-state index contributed by atoms with van der Waals surface area (Å²) in [5, 5.41) is 47.6. The van der Waals surface area contributed by atoms with Gasteiger partial charge in [-0.05, 0) is 250 Å². The fourth-order valence-corrected chi connectivity index (χ4v) is 18.9. The molecule has 104 heavy (non-hydrogen) atoms. The topological polar surface area (TPSA) is 188 Å². The number of benzene rings is 6. The van der Waals surface area contributed by atoms with Gasteiger partial charge in [-0.25, -0.2) is 0 Å². The van der Waals surface area contributed by atoms with E-state index in [1.807, 2.05) is 84.0 Å². The molecule has 0 unspecified atom stereocenters. The second kappa shape index (κ2) is 32.8. The first-order valence-corrected chi connectivity index (χ1v) is 47.1. The minimum absolute atomic E-state index is 0.0227. The van der Waals surface area contributed by atoms with Crippen LogP contribution in [-0.2, 0) is 77.6 Å². The van der Waals surface area contributed by atoms with Crippen molar-refractivity contribution in [1.29, 1.82) is 21.0 Å². The van der Waals surface area contributed by atoms with Crippen LogP contribution in [0.1, 0.15) is 262 Å². The summed E-state index contributed by atoms with van der Waals surface area (Å²) in [6.45, 7) is 46.8. The Bertz CT molecular complexity index is 4240. The summed E-state index contributed by atoms with van der Waals surface area (Å²) in [5.41, 5.74) is 16.9. The Balaban J connectivity index is 0.000000167. The lowest BCUT2D eigenvalue weighted by Crippen LogP contribution is -2.41. The van der Waals surface area contributed by atoms with Gasteiger partial charge in [0.1, 0.15) is 17.6 Å². The van der Waals surface area contributed by atoms with Gasteiger partial charge in [0, 0.05) is 22.0 Å². The van der Waals surface area contributed by atoms with Crippen molar-refractivity contribution < 1.29 is 37.4 Å². The molecule has 6 aromatic rings. The normalized spacial score (nSPS) is 19.4. The summed E-state index contributed by atoms with van der Waals surface area (Å²) < 4.78 is 37.9. The van der Waals surface area contributed by atoms with E-state index in [-0.39, 0.29) is 51.4 Å². The van der Waals surface area contributed by atoms with Crippen LogP contribution in [0.25, 0.3) is 0 Å². The summed E-state index contributed by atoms with van der Waals surface area (Å²) in [6, 6.07) is 46.5. The van der Waals surface area contributed by atoms with Crippen LogP contribution in [0.5, 0.6) is 11.5 Å². The van der Waals surface area contributed by atoms with E-state index in [4.69, 9.17) is 38.0 Å². The minimum atomic E-state index is -1.77. The van der Waals surface area contributed by atoms with Gasteiger partial charge in [0.05, 0.1) is 91.5 Å². The van der Waals surface area contributed by atoms with E-state index in [0.717, 1.165) is 104 Å². The van der Waals surface area contributed by atoms with Crippen LogP contribution >= 0.6 is 15.9 Å². The summed E-state index contributed by atoms with van der Waals surface area (Å²) in [5.74, 6) is 1.32. The number of aliphatic hydroxyl groups excluding tert-OH is 1. The van der Waals surface area contributed by atoms with Gasteiger partial charge in [-0.3, -0.25) is 4.79 Å². The predicted molar refractivity (Wildman–Crippen MR) is 429 cm³/mol. The summed E-state index contributed by atoms with van der Waals surface area (Å²) in [6.07, 6.45) is 11.1. The second-order valence-corrected chi connectivity index (χ2v) is 50.5. The first-order chi connectivity index (χ1) is 48.5. The maximum Gasteiger partial charge on any atom is 0.306 e. The van der Waals surface area contributed by atoms with Crippen LogP contribution < -0.4 is 9.47 Å². The lowest BCUT2D eigenvalue weighted by Gasteiger charge is -2.38. The molecule has 0 fully saturated rings. The molecule has 5 aliphatic carbocycles. The van der Waals surface area contributed by atoms with E-state index in [0.29, 0.717) is 25.6 Å². The molecule has 16 heteroatoms. The Morgan fingerprint density at radius 1 is 0.490 bits per heavy atom. The number of carbonyl (C=O) groups excluding carboxylic acids is 1. The molecule has 6 aliphatic rings. The molecule has 1 heterocycles. The Morgan fingerprint density at radius 2 is 0.865 bits per heavy atom. The van der Waals surface area contributed by atoms with Gasteiger partial charge in [-0.1, -0.05) is 169 Å². The minimum Gasteiger partial charge on any atom is -0.492 e. The maximum absolute atomic E-state index is 11.6. The molecule has 0 spiro atoms. The van der Waals surface area contributed by atoms with Gasteiger partial charge in [0.25, 0.3) is 0 Å². The summed E-state index contributed by atoms with van der Waals surface area (Å²) >= 11 is 3.65. The molecule has 0 saturated heterocycles. The predicted octanol–water partition coefficient (Wildman–Crippen LogP) is 22.8. The highest BCUT2D eigenvalue weighted by Crippen LogP contribution is 2.50. The number of rotatable bonds is 14. The van der Waals surface area contributed by atoms with Gasteiger partial charge >= 0.3 is 5.97 Å². The largest absolute Gasteiger partial charge is 0.492 e. The van der Waals surface area contributed by atoms with Crippen molar-refractivity contribution in [1.82, 2.24) is 0 Å². The number of hydrogen-bond acceptors (Lipinski definition) is 12. The third kappa shape index (κ3) is 18.8. The molecule has 12 nitrogen and oxygen atoms in total. The van der Waals surface area contributed by atoms with Crippen molar-refractivity contribution >= 4 is 46.9 Å². The quantitative estimate of drug-likeness (QED) is 0.0804. The van der Waals surface area contributed by atoms with Crippen LogP contribution in [0.2, 0.25) is 54.4 Å². The second-order valence-electron chi connectivity index (χ2n) is 35.4. The van der Waals surface area contributed by atoms with Gasteiger partial charge in [-0.15, -0.1) is 0 Å². The molecule has 0 saturated carbocycles. The van der Waals surface area contributed by atoms with Crippen LogP contribution in [0.3, 0.4) is 0 Å². The molecular formula is C88H117BrN4O8Si3. The van der Waals surface area contributed by atoms with E-state index in [2.05, 4.69) is 209 Å². The Kier molecular flexibility index (Phi) is 26.2. The van der Waals surface area contributed by atoms with Crippen molar-refractivity contribution in [3.63, 3.8) is 0 Å². The number of halogens is 1. The van der Waals surface area contributed by atoms with Crippen molar-refractivity contribution in [2.75, 3.05) is 13.7 Å². The number of nitriles is 4. The Labute approximate surface area is 635 Å². The number of nitrogens with zero attached hydrogens (tertiary/aromatic N) is 4. The average Bonchev–Trinajstić information content (AvgIpc) is 1.60. The highest BCUT2D eigenvalue weighted by molar-refractivity contribution is 9.10. The van der Waals surface area contributed by atoms with E-state index in [9.17, 15) is 20.4 Å². The molecule has 556 valence electrons. The van der Waals surface area contributed by atoms with Crippen LogP contribution in [-0.4, -0.2) is 49.7 Å². The van der Waals surface area contributed by atoms with Gasteiger partial charge in [0.2, 0.25) is 0 Å². The number of methoxy groups -OCH3 is 1. The van der Waals surface area contributed by atoms with E-state index in [1.54, 1.807) is 0 Å². The zero-order valence-corrected chi connectivity index (χ0v) is 71.1. The zero-order chi connectivity index (χ0) is 76.9. The first kappa shape index (κ1) is 83.0. The van der Waals surface area contributed by atoms with Gasteiger partial charge in [-0.2, -0.15) is 21.0 Å². The van der Waals surface area contributed by atoms with Crippen LogP contribution in [0.4, 0.5) is 0 Å². The number of esters is 1. The fraction of sp³-hybridized carbons (Fsp3) is 0.534. The zero-order valence-electron chi connectivity index (χ0n) is 66.5. The summed E-state index contributed by atoms with van der Waals surface area (Å²) in [4.78, 5) is 11.6. The highest BCUT2D eigenvalue weighted by Gasteiger charge is 2.45. The molecule has 12 rings (SSSR count). The lowest BCUT2D eigenvalue weighted by molar-refractivity contribution is -0.141. The molecule has 0 aromatic heterocycles. The van der Waals surface area contributed by atoms with E-state index < -0.39 is 41.2 Å². The van der Waals surface area contributed by atoms with Crippen molar-refractivity contribution in [3.8, 4) is 35.8 Å². The molecule has 1 N–H and O–H groups in total. The van der Waals surface area contributed by atoms with E-state index >= 15 is 0 Å². The van der Waals surface area contributed by atoms with Crippen molar-refractivity contribution in [3.05, 3.63) is 197 Å². The Hall–Kier alpha value is -6.68. The number of hydrogen-bond donors (Lipinski definition) is 1. The highest BCUT2D eigenvalue weighted by atomic mass is 79.9. The number of ether oxygens (including phenoxy) is 3. The number of fused-ring (bicyclic) bond motifs is 6. The molecule has 0 bridgehead atoms. The molecular weight excluding hydrogens is 1410 g/mol. The first-order valence-electron chi connectivity index (χ1n) is 37.5. The van der Waals surface area contributed by atoms with Crippen LogP contribution in [0, 0.1) is 45.3 Å². The molecule has 6 atom stereocenters. The third-order valence-electron chi connectivity index (χ3n) is 23.8. The SMILES string of the molecule is CC(C)(C#N)c1cccc2c1CC[C@@H]2O.CC(C)(C#N)c1cccc2c1CC[C@@H]2O[Si](C)(C)C(C)(C)C.CC(C)(C)[Si](C)(C)O[C@H]1CCc2c(Br)cccc21.CC(C)(C)[Si](C)(C)O[C@H]1CCc2c(CC#N)cccc21.COC(=O)C[C@@H]1COc2cc(O[C@@H]3CCc4c3cccc4C(C)(C)C#N)ccc21. The lowest BCUT2D eigenvalue weighted by atomic mass is 9.82. The number of aliphatic hydroxyl groups is 1.